The maximum atomic E-state index is 5.94. The van der Waals surface area contributed by atoms with Crippen LogP contribution in [0.15, 0.2) is 36.7 Å². The average Bonchev–Trinajstić information content (AvgIpc) is 2.56. The number of H-pyrrole nitrogens is 1. The van der Waals surface area contributed by atoms with E-state index in [1.54, 1.807) is 6.20 Å². The second-order valence-corrected chi connectivity index (χ2v) is 3.67. The zero-order chi connectivity index (χ0) is 9.54. The largest absolute Gasteiger partial charge is 0.354 e. The van der Waals surface area contributed by atoms with E-state index in [-0.39, 0.29) is 0 Å². The predicted octanol–water partition coefficient (Wildman–Crippen LogP) is 3.37. The van der Waals surface area contributed by atoms with Gasteiger partial charge >= 0.3 is 0 Å². The highest BCUT2D eigenvalue weighted by molar-refractivity contribution is 6.31. The summed E-state index contributed by atoms with van der Waals surface area (Å²) in [6.07, 6.45) is 3.63. The third-order valence-electron chi connectivity index (χ3n) is 2.36. The second kappa shape index (κ2) is 2.72. The molecule has 3 heteroatoms. The summed E-state index contributed by atoms with van der Waals surface area (Å²) in [6, 6.07) is 7.78. The molecule has 2 nitrogen and oxygen atoms in total. The molecule has 0 aliphatic heterocycles. The van der Waals surface area contributed by atoms with Gasteiger partial charge in [-0.15, -0.1) is 0 Å². The van der Waals surface area contributed by atoms with E-state index in [0.717, 1.165) is 26.8 Å². The fraction of sp³-hybridized carbons (Fsp3) is 0. The number of fused-ring (bicyclic) bond motifs is 3. The Morgan fingerprint density at radius 2 is 1.93 bits per heavy atom. The molecule has 0 fully saturated rings. The Bertz CT molecular complexity index is 613. The van der Waals surface area contributed by atoms with Crippen LogP contribution in [0.1, 0.15) is 0 Å². The van der Waals surface area contributed by atoms with Crippen molar-refractivity contribution in [1.82, 2.24) is 9.97 Å². The standard InChI is InChI=1S/C11H7ClN2/c12-7-1-2-10-8(5-7)9-6-13-4-3-11(9)14-10/h1-6,14H. The summed E-state index contributed by atoms with van der Waals surface area (Å²) in [7, 11) is 0. The Labute approximate surface area is 85.5 Å². The number of aromatic amines is 1. The first-order valence-corrected chi connectivity index (χ1v) is 4.73. The molecule has 1 N–H and O–H groups in total. The van der Waals surface area contributed by atoms with Crippen molar-refractivity contribution < 1.29 is 0 Å². The normalized spacial score (nSPS) is 11.2. The molecule has 0 atom stereocenters. The quantitative estimate of drug-likeness (QED) is 0.595. The summed E-state index contributed by atoms with van der Waals surface area (Å²) in [6.45, 7) is 0. The number of rotatable bonds is 0. The highest BCUT2D eigenvalue weighted by atomic mass is 35.5. The number of aromatic nitrogens is 2. The molecule has 68 valence electrons. The zero-order valence-corrected chi connectivity index (χ0v) is 8.05. The molecule has 14 heavy (non-hydrogen) atoms. The number of pyridine rings is 1. The monoisotopic (exact) mass is 202 g/mol. The van der Waals surface area contributed by atoms with Gasteiger partial charge in [0.2, 0.25) is 0 Å². The zero-order valence-electron chi connectivity index (χ0n) is 7.29. The summed E-state index contributed by atoms with van der Waals surface area (Å²) in [5.41, 5.74) is 2.19. The maximum absolute atomic E-state index is 5.94. The molecular weight excluding hydrogens is 196 g/mol. The van der Waals surface area contributed by atoms with Crippen molar-refractivity contribution in [2.45, 2.75) is 0 Å². The molecule has 0 saturated heterocycles. The van der Waals surface area contributed by atoms with Crippen molar-refractivity contribution in [2.75, 3.05) is 0 Å². The minimum Gasteiger partial charge on any atom is -0.354 e. The van der Waals surface area contributed by atoms with Crippen molar-refractivity contribution >= 4 is 33.4 Å². The molecule has 0 saturated carbocycles. The first-order valence-electron chi connectivity index (χ1n) is 4.35. The van der Waals surface area contributed by atoms with Crippen LogP contribution >= 0.6 is 11.6 Å². The van der Waals surface area contributed by atoms with Crippen molar-refractivity contribution in [3.63, 3.8) is 0 Å². The van der Waals surface area contributed by atoms with Crippen LogP contribution in [0, 0.1) is 0 Å². The SMILES string of the molecule is Clc1ccc2[nH]c3ccncc3c2c1. The van der Waals surface area contributed by atoms with Crippen LogP contribution in [0.25, 0.3) is 21.8 Å². The molecule has 0 bridgehead atoms. The lowest BCUT2D eigenvalue weighted by molar-refractivity contribution is 1.36. The molecule has 3 aromatic rings. The molecular formula is C11H7ClN2. The topological polar surface area (TPSA) is 28.7 Å². The first-order chi connectivity index (χ1) is 6.84. The van der Waals surface area contributed by atoms with Gasteiger partial charge < -0.3 is 4.98 Å². The minimum atomic E-state index is 0.752. The third kappa shape index (κ3) is 1.01. The van der Waals surface area contributed by atoms with Gasteiger partial charge in [-0.3, -0.25) is 4.98 Å². The van der Waals surface area contributed by atoms with Crippen molar-refractivity contribution in [3.8, 4) is 0 Å². The molecule has 2 aromatic heterocycles. The van der Waals surface area contributed by atoms with Gasteiger partial charge in [0, 0.05) is 39.2 Å². The smallest absolute Gasteiger partial charge is 0.0495 e. The second-order valence-electron chi connectivity index (χ2n) is 3.24. The summed E-state index contributed by atoms with van der Waals surface area (Å²) in [5, 5.41) is 2.99. The number of hydrogen-bond donors (Lipinski definition) is 1. The van der Waals surface area contributed by atoms with Crippen LogP contribution in [0.5, 0.6) is 0 Å². The van der Waals surface area contributed by atoms with Crippen molar-refractivity contribution in [3.05, 3.63) is 41.7 Å². The Morgan fingerprint density at radius 3 is 2.86 bits per heavy atom. The molecule has 0 radical (unpaired) electrons. The molecule has 0 aliphatic carbocycles. The van der Waals surface area contributed by atoms with Gasteiger partial charge in [0.05, 0.1) is 0 Å². The number of nitrogens with one attached hydrogen (secondary N) is 1. The van der Waals surface area contributed by atoms with E-state index in [9.17, 15) is 0 Å². The first kappa shape index (κ1) is 7.83. The molecule has 2 heterocycles. The summed E-state index contributed by atoms with van der Waals surface area (Å²) in [5.74, 6) is 0. The van der Waals surface area contributed by atoms with E-state index >= 15 is 0 Å². The van der Waals surface area contributed by atoms with Gasteiger partial charge in [-0.1, -0.05) is 11.6 Å². The van der Waals surface area contributed by atoms with Crippen LogP contribution in [-0.4, -0.2) is 9.97 Å². The predicted molar refractivity (Wildman–Crippen MR) is 58.6 cm³/mol. The molecule has 1 aromatic carbocycles. The molecule has 0 amide bonds. The maximum Gasteiger partial charge on any atom is 0.0495 e. The average molecular weight is 203 g/mol. The number of nitrogens with zero attached hydrogens (tertiary/aromatic N) is 1. The lowest BCUT2D eigenvalue weighted by atomic mass is 10.2. The van der Waals surface area contributed by atoms with E-state index in [0.29, 0.717) is 0 Å². The summed E-state index contributed by atoms with van der Waals surface area (Å²) >= 11 is 5.94. The highest BCUT2D eigenvalue weighted by Gasteiger charge is 2.03. The van der Waals surface area contributed by atoms with E-state index in [2.05, 4.69) is 9.97 Å². The van der Waals surface area contributed by atoms with E-state index < -0.39 is 0 Å². The van der Waals surface area contributed by atoms with Gasteiger partial charge in [0.25, 0.3) is 0 Å². The number of halogens is 1. The third-order valence-corrected chi connectivity index (χ3v) is 2.60. The molecule has 0 spiro atoms. The van der Waals surface area contributed by atoms with Gasteiger partial charge in [-0.2, -0.15) is 0 Å². The van der Waals surface area contributed by atoms with Crippen LogP contribution in [0.2, 0.25) is 5.02 Å². The number of benzene rings is 1. The summed E-state index contributed by atoms with van der Waals surface area (Å²) < 4.78 is 0. The Balaban J connectivity index is 2.58. The summed E-state index contributed by atoms with van der Waals surface area (Å²) in [4.78, 5) is 7.41. The fourth-order valence-electron chi connectivity index (χ4n) is 1.71. The van der Waals surface area contributed by atoms with Crippen LogP contribution < -0.4 is 0 Å². The lowest BCUT2D eigenvalue weighted by Gasteiger charge is -1.90. The van der Waals surface area contributed by atoms with Crippen molar-refractivity contribution in [1.29, 1.82) is 0 Å². The van der Waals surface area contributed by atoms with Gasteiger partial charge in [0.15, 0.2) is 0 Å². The van der Waals surface area contributed by atoms with E-state index in [1.165, 1.54) is 0 Å². The molecule has 0 unspecified atom stereocenters. The van der Waals surface area contributed by atoms with Gasteiger partial charge in [-0.25, -0.2) is 0 Å². The van der Waals surface area contributed by atoms with Crippen LogP contribution in [0.3, 0.4) is 0 Å². The molecule has 3 rings (SSSR count). The Hall–Kier alpha value is -1.54. The van der Waals surface area contributed by atoms with Crippen LogP contribution in [0.4, 0.5) is 0 Å². The highest BCUT2D eigenvalue weighted by Crippen LogP contribution is 2.26. The minimum absolute atomic E-state index is 0.752. The van der Waals surface area contributed by atoms with Crippen LogP contribution in [-0.2, 0) is 0 Å². The Morgan fingerprint density at radius 1 is 1.07 bits per heavy atom. The van der Waals surface area contributed by atoms with E-state index in [1.807, 2.05) is 30.5 Å². The van der Waals surface area contributed by atoms with Gasteiger partial charge in [0.1, 0.15) is 0 Å². The number of hydrogen-bond acceptors (Lipinski definition) is 1. The lowest BCUT2D eigenvalue weighted by Crippen LogP contribution is -1.69. The van der Waals surface area contributed by atoms with E-state index in [4.69, 9.17) is 11.6 Å². The van der Waals surface area contributed by atoms with Gasteiger partial charge in [-0.05, 0) is 24.3 Å². The molecule has 0 aliphatic rings. The fourth-order valence-corrected chi connectivity index (χ4v) is 1.88. The Kier molecular flexibility index (Phi) is 1.52. The van der Waals surface area contributed by atoms with Crippen molar-refractivity contribution in [2.24, 2.45) is 0 Å².